The molecule has 1 heterocycles. The van der Waals surface area contributed by atoms with E-state index in [2.05, 4.69) is 34.8 Å². The number of hydrogen-bond acceptors (Lipinski definition) is 5. The Balaban J connectivity index is 0.00000900. The van der Waals surface area contributed by atoms with Gasteiger partial charge in [-0.05, 0) is 46.6 Å². The fourth-order valence-electron chi connectivity index (χ4n) is 2.96. The summed E-state index contributed by atoms with van der Waals surface area (Å²) in [5.74, 6) is 1.60. The molecule has 1 aromatic heterocycles. The molecule has 1 rings (SSSR count). The van der Waals surface area contributed by atoms with Crippen LogP contribution >= 0.6 is 24.0 Å². The molecule has 178 valence electrons. The van der Waals surface area contributed by atoms with E-state index >= 15 is 0 Å². The molecule has 3 N–H and O–H groups in total. The lowest BCUT2D eigenvalue weighted by atomic mass is 9.93. The SMILES string of the molecule is CCNC(=NCc1cccnc1N(C)C)NCC(CC)(CC)NC(=O)OC(C)(C)C.I. The minimum absolute atomic E-state index is 0. The maximum absolute atomic E-state index is 12.4. The van der Waals surface area contributed by atoms with Crippen molar-refractivity contribution >= 4 is 41.8 Å². The monoisotopic (exact) mass is 548 g/mol. The van der Waals surface area contributed by atoms with Gasteiger partial charge in [-0.25, -0.2) is 14.8 Å². The number of alkyl carbamates (subject to hydrolysis) is 1. The van der Waals surface area contributed by atoms with Crippen LogP contribution in [0.2, 0.25) is 0 Å². The number of ether oxygens (including phenoxy) is 1. The number of rotatable bonds is 9. The van der Waals surface area contributed by atoms with Crippen LogP contribution in [0.15, 0.2) is 23.3 Å². The van der Waals surface area contributed by atoms with Crippen molar-refractivity contribution in [3.05, 3.63) is 23.9 Å². The molecule has 1 amide bonds. The fraction of sp³-hybridized carbons (Fsp3) is 0.682. The Morgan fingerprint density at radius 1 is 1.16 bits per heavy atom. The predicted octanol–water partition coefficient (Wildman–Crippen LogP) is 3.90. The lowest BCUT2D eigenvalue weighted by Gasteiger charge is -2.34. The molecular weight excluding hydrogens is 507 g/mol. The van der Waals surface area contributed by atoms with Crippen LogP contribution in [0, 0.1) is 0 Å². The number of carbonyl (C=O) groups excluding carboxylic acids is 1. The molecule has 0 aliphatic rings. The van der Waals surface area contributed by atoms with E-state index in [9.17, 15) is 4.79 Å². The molecule has 1 aromatic rings. The number of amides is 1. The minimum atomic E-state index is -0.533. The van der Waals surface area contributed by atoms with E-state index < -0.39 is 17.2 Å². The highest BCUT2D eigenvalue weighted by atomic mass is 127. The molecule has 8 nitrogen and oxygen atoms in total. The Morgan fingerprint density at radius 2 is 1.81 bits per heavy atom. The van der Waals surface area contributed by atoms with Crippen LogP contribution in [-0.2, 0) is 11.3 Å². The van der Waals surface area contributed by atoms with E-state index in [0.29, 0.717) is 19.0 Å². The summed E-state index contributed by atoms with van der Waals surface area (Å²) in [6, 6.07) is 3.95. The van der Waals surface area contributed by atoms with Crippen LogP contribution < -0.4 is 20.9 Å². The Labute approximate surface area is 205 Å². The molecule has 0 aromatic carbocycles. The molecule has 0 unspecified atom stereocenters. The van der Waals surface area contributed by atoms with Crippen molar-refractivity contribution in [2.24, 2.45) is 4.99 Å². The van der Waals surface area contributed by atoms with Crippen molar-refractivity contribution in [1.82, 2.24) is 20.9 Å². The van der Waals surface area contributed by atoms with Crippen molar-refractivity contribution in [2.75, 3.05) is 32.1 Å². The van der Waals surface area contributed by atoms with Crippen LogP contribution in [0.4, 0.5) is 10.6 Å². The van der Waals surface area contributed by atoms with Gasteiger partial charge in [-0.1, -0.05) is 19.9 Å². The first-order valence-corrected chi connectivity index (χ1v) is 10.7. The maximum Gasteiger partial charge on any atom is 0.408 e. The Kier molecular flexibility index (Phi) is 12.8. The molecule has 0 fully saturated rings. The third kappa shape index (κ3) is 10.4. The fourth-order valence-corrected chi connectivity index (χ4v) is 2.96. The summed E-state index contributed by atoms with van der Waals surface area (Å²) in [5, 5.41) is 9.72. The van der Waals surface area contributed by atoms with Crippen LogP contribution in [0.1, 0.15) is 59.9 Å². The van der Waals surface area contributed by atoms with E-state index in [0.717, 1.165) is 30.8 Å². The van der Waals surface area contributed by atoms with Crippen LogP contribution in [0.5, 0.6) is 0 Å². The largest absolute Gasteiger partial charge is 0.444 e. The highest BCUT2D eigenvalue weighted by Crippen LogP contribution is 2.17. The normalized spacial score (nSPS) is 11.9. The van der Waals surface area contributed by atoms with E-state index in [-0.39, 0.29) is 24.0 Å². The number of guanidine groups is 1. The van der Waals surface area contributed by atoms with Gasteiger partial charge in [0.1, 0.15) is 11.4 Å². The zero-order chi connectivity index (χ0) is 22.8. The number of carbonyl (C=O) groups is 1. The number of anilines is 1. The molecule has 0 atom stereocenters. The zero-order valence-electron chi connectivity index (χ0n) is 20.3. The molecule has 0 saturated heterocycles. The van der Waals surface area contributed by atoms with Gasteiger partial charge < -0.3 is 25.6 Å². The smallest absolute Gasteiger partial charge is 0.408 e. The Morgan fingerprint density at radius 3 is 2.32 bits per heavy atom. The van der Waals surface area contributed by atoms with Crippen LogP contribution in [-0.4, -0.2) is 55.4 Å². The highest BCUT2D eigenvalue weighted by Gasteiger charge is 2.30. The summed E-state index contributed by atoms with van der Waals surface area (Å²) < 4.78 is 5.46. The van der Waals surface area contributed by atoms with Gasteiger partial charge in [-0.3, -0.25) is 0 Å². The molecule has 0 aliphatic carbocycles. The van der Waals surface area contributed by atoms with Crippen LogP contribution in [0.25, 0.3) is 0 Å². The molecule has 31 heavy (non-hydrogen) atoms. The average molecular weight is 549 g/mol. The van der Waals surface area contributed by atoms with Crippen molar-refractivity contribution in [2.45, 2.75) is 72.1 Å². The molecule has 0 radical (unpaired) electrons. The van der Waals surface area contributed by atoms with E-state index in [1.165, 1.54) is 0 Å². The van der Waals surface area contributed by atoms with Crippen molar-refractivity contribution < 1.29 is 9.53 Å². The summed E-state index contributed by atoms with van der Waals surface area (Å²) in [7, 11) is 3.94. The first kappa shape index (κ1) is 29.2. The molecule has 0 saturated carbocycles. The maximum atomic E-state index is 12.4. The molecule has 0 aliphatic heterocycles. The van der Waals surface area contributed by atoms with Gasteiger partial charge in [-0.2, -0.15) is 0 Å². The zero-order valence-corrected chi connectivity index (χ0v) is 22.7. The van der Waals surface area contributed by atoms with E-state index in [1.807, 2.05) is 58.8 Å². The number of nitrogens with one attached hydrogen (secondary N) is 3. The molecule has 0 bridgehead atoms. The van der Waals surface area contributed by atoms with Crippen molar-refractivity contribution in [1.29, 1.82) is 0 Å². The lowest BCUT2D eigenvalue weighted by molar-refractivity contribution is 0.0448. The second kappa shape index (κ2) is 13.6. The van der Waals surface area contributed by atoms with Crippen molar-refractivity contribution in [3.63, 3.8) is 0 Å². The van der Waals surface area contributed by atoms with Gasteiger partial charge >= 0.3 is 6.09 Å². The summed E-state index contributed by atoms with van der Waals surface area (Å²) in [5.41, 5.74) is 0.0835. The minimum Gasteiger partial charge on any atom is -0.444 e. The Bertz CT molecular complexity index is 699. The number of aromatic nitrogens is 1. The van der Waals surface area contributed by atoms with Gasteiger partial charge in [0.05, 0.1) is 12.1 Å². The summed E-state index contributed by atoms with van der Waals surface area (Å²) in [4.78, 5) is 23.5. The topological polar surface area (TPSA) is 90.9 Å². The van der Waals surface area contributed by atoms with Gasteiger partial charge in [-0.15, -0.1) is 24.0 Å². The predicted molar refractivity (Wildman–Crippen MR) is 139 cm³/mol. The number of halogens is 1. The summed E-state index contributed by atoms with van der Waals surface area (Å²) in [6.07, 6.45) is 2.91. The lowest BCUT2D eigenvalue weighted by Crippen LogP contribution is -2.57. The van der Waals surface area contributed by atoms with Gasteiger partial charge in [0.25, 0.3) is 0 Å². The summed E-state index contributed by atoms with van der Waals surface area (Å²) >= 11 is 0. The average Bonchev–Trinajstić information content (AvgIpc) is 2.67. The molecule has 9 heteroatoms. The van der Waals surface area contributed by atoms with Gasteiger partial charge in [0.15, 0.2) is 5.96 Å². The number of hydrogen-bond donors (Lipinski definition) is 3. The first-order chi connectivity index (χ1) is 14.1. The van der Waals surface area contributed by atoms with E-state index in [1.54, 1.807) is 6.20 Å². The third-order valence-electron chi connectivity index (χ3n) is 4.76. The molecular formula is C22H41IN6O2. The highest BCUT2D eigenvalue weighted by molar-refractivity contribution is 14.0. The Hall–Kier alpha value is -1.78. The van der Waals surface area contributed by atoms with Gasteiger partial charge in [0.2, 0.25) is 0 Å². The standard InChI is InChI=1S/C22H40N6O2.HI/c1-9-22(10-2,27-20(29)30-21(4,5)6)16-26-19(23-11-3)25-15-17-13-12-14-24-18(17)28(7)8;/h12-14H,9-11,15-16H2,1-8H3,(H,27,29)(H2,23,25,26);1H. The van der Waals surface area contributed by atoms with Crippen LogP contribution in [0.3, 0.4) is 0 Å². The van der Waals surface area contributed by atoms with E-state index in [4.69, 9.17) is 9.73 Å². The summed E-state index contributed by atoms with van der Waals surface area (Å²) in [6.45, 7) is 13.5. The number of nitrogens with zero attached hydrogens (tertiary/aromatic N) is 3. The quantitative estimate of drug-likeness (QED) is 0.247. The van der Waals surface area contributed by atoms with Crippen molar-refractivity contribution in [3.8, 4) is 0 Å². The number of aliphatic imine (C=N–C) groups is 1. The number of pyridine rings is 1. The molecule has 0 spiro atoms. The second-order valence-electron chi connectivity index (χ2n) is 8.54. The first-order valence-electron chi connectivity index (χ1n) is 10.7. The van der Waals surface area contributed by atoms with Gasteiger partial charge in [0, 0.05) is 38.9 Å². The second-order valence-corrected chi connectivity index (χ2v) is 8.54. The third-order valence-corrected chi connectivity index (χ3v) is 4.76.